The number of ketones is 1. The van der Waals surface area contributed by atoms with Crippen LogP contribution < -0.4 is 9.84 Å². The normalized spacial score (nSPS) is 10.7. The minimum atomic E-state index is -1.16. The molecule has 0 saturated carbocycles. The van der Waals surface area contributed by atoms with E-state index in [1.807, 2.05) is 0 Å². The van der Waals surface area contributed by atoms with Gasteiger partial charge in [0.25, 0.3) is 5.69 Å². The van der Waals surface area contributed by atoms with Crippen LogP contribution in [-0.4, -0.2) is 29.5 Å². The maximum atomic E-state index is 12.4. The largest absolute Gasteiger partial charge is 0.549 e. The standard InChI is InChI=1S/C19H17NO6S/c1-26-18-9-5-14(10-15(18)11-27-12-19(22)23)17(21)8-4-13-2-6-16(7-3-13)20(24)25/h2-10H,11-12H2,1H3,(H,22,23)/p-1/b8-4+. The Bertz CT molecular complexity index is 876. The Labute approximate surface area is 159 Å². The number of nitro groups is 1. The summed E-state index contributed by atoms with van der Waals surface area (Å²) in [5.41, 5.74) is 1.77. The molecule has 7 nitrogen and oxygen atoms in total. The zero-order chi connectivity index (χ0) is 19.8. The van der Waals surface area contributed by atoms with Gasteiger partial charge in [-0.1, -0.05) is 6.08 Å². The van der Waals surface area contributed by atoms with Crippen LogP contribution in [0.2, 0.25) is 0 Å². The molecule has 8 heteroatoms. The Balaban J connectivity index is 2.12. The van der Waals surface area contributed by atoms with Crippen LogP contribution in [0.15, 0.2) is 48.5 Å². The summed E-state index contributed by atoms with van der Waals surface area (Å²) in [5, 5.41) is 21.2. The van der Waals surface area contributed by atoms with Crippen LogP contribution in [0.4, 0.5) is 5.69 Å². The number of allylic oxidation sites excluding steroid dienone is 1. The number of nitrogens with zero attached hydrogens (tertiary/aromatic N) is 1. The van der Waals surface area contributed by atoms with Gasteiger partial charge in [0.2, 0.25) is 0 Å². The van der Waals surface area contributed by atoms with Crippen molar-refractivity contribution in [2.24, 2.45) is 0 Å². The second-order valence-electron chi connectivity index (χ2n) is 5.44. The smallest absolute Gasteiger partial charge is 0.269 e. The summed E-state index contributed by atoms with van der Waals surface area (Å²) in [6, 6.07) is 10.8. The topological polar surface area (TPSA) is 110 Å². The van der Waals surface area contributed by atoms with Crippen LogP contribution in [0.3, 0.4) is 0 Å². The first-order valence-electron chi connectivity index (χ1n) is 7.82. The van der Waals surface area contributed by atoms with E-state index in [1.165, 1.54) is 25.3 Å². The highest BCUT2D eigenvalue weighted by molar-refractivity contribution is 7.99. The summed E-state index contributed by atoms with van der Waals surface area (Å²) in [6.45, 7) is 0. The molecule has 0 saturated heterocycles. The lowest BCUT2D eigenvalue weighted by molar-refractivity contribution is -0.384. The molecule has 0 bridgehead atoms. The SMILES string of the molecule is COc1ccc(C(=O)/C=C/c2ccc([N+](=O)[O-])cc2)cc1CSCC(=O)[O-]. The van der Waals surface area contributed by atoms with Gasteiger partial charge >= 0.3 is 0 Å². The molecule has 0 heterocycles. The molecule has 0 aromatic heterocycles. The molecule has 27 heavy (non-hydrogen) atoms. The lowest BCUT2D eigenvalue weighted by atomic mass is 10.1. The Morgan fingerprint density at radius 1 is 1.19 bits per heavy atom. The molecule has 140 valence electrons. The van der Waals surface area contributed by atoms with Gasteiger partial charge in [-0.2, -0.15) is 11.8 Å². The molecule has 0 aliphatic carbocycles. The van der Waals surface area contributed by atoms with E-state index < -0.39 is 10.9 Å². The summed E-state index contributed by atoms with van der Waals surface area (Å²) in [5.74, 6) is -0.623. The van der Waals surface area contributed by atoms with E-state index in [-0.39, 0.29) is 17.2 Å². The number of methoxy groups -OCH3 is 1. The highest BCUT2D eigenvalue weighted by Gasteiger charge is 2.09. The number of non-ortho nitro benzene ring substituents is 1. The van der Waals surface area contributed by atoms with E-state index in [0.29, 0.717) is 28.2 Å². The molecular weight excluding hydrogens is 370 g/mol. The fraction of sp³-hybridized carbons (Fsp3) is 0.158. The van der Waals surface area contributed by atoms with Gasteiger partial charge in [-0.05, 0) is 42.0 Å². The van der Waals surface area contributed by atoms with Crippen molar-refractivity contribution >= 4 is 35.3 Å². The number of carbonyl (C=O) groups is 2. The van der Waals surface area contributed by atoms with E-state index in [1.54, 1.807) is 36.4 Å². The number of hydrogen-bond acceptors (Lipinski definition) is 7. The molecule has 0 amide bonds. The number of aliphatic carboxylic acids is 1. The minimum Gasteiger partial charge on any atom is -0.549 e. The van der Waals surface area contributed by atoms with E-state index >= 15 is 0 Å². The fourth-order valence-corrected chi connectivity index (χ4v) is 2.98. The number of rotatable bonds is 9. The fourth-order valence-electron chi connectivity index (χ4n) is 2.26. The van der Waals surface area contributed by atoms with Gasteiger partial charge in [0.15, 0.2) is 5.78 Å². The maximum absolute atomic E-state index is 12.4. The predicted molar refractivity (Wildman–Crippen MR) is 101 cm³/mol. The zero-order valence-corrected chi connectivity index (χ0v) is 15.2. The average Bonchev–Trinajstić information content (AvgIpc) is 2.66. The van der Waals surface area contributed by atoms with Crippen LogP contribution in [0, 0.1) is 10.1 Å². The Morgan fingerprint density at radius 3 is 2.48 bits per heavy atom. The quantitative estimate of drug-likeness (QED) is 0.282. The van der Waals surface area contributed by atoms with Gasteiger partial charge in [0, 0.05) is 34.8 Å². The lowest BCUT2D eigenvalue weighted by Crippen LogP contribution is -2.24. The number of carboxylic acid groups (broad SMARTS) is 1. The second-order valence-corrected chi connectivity index (χ2v) is 6.42. The van der Waals surface area contributed by atoms with Crippen molar-refractivity contribution in [1.82, 2.24) is 0 Å². The second kappa shape index (κ2) is 9.54. The zero-order valence-electron chi connectivity index (χ0n) is 14.4. The number of nitro benzene ring substituents is 1. The van der Waals surface area contributed by atoms with E-state index in [0.717, 1.165) is 11.8 Å². The number of ether oxygens (including phenoxy) is 1. The minimum absolute atomic E-state index is 0.0210. The number of hydrogen-bond donors (Lipinski definition) is 0. The van der Waals surface area contributed by atoms with Gasteiger partial charge in [-0.3, -0.25) is 14.9 Å². The molecule has 0 spiro atoms. The molecule has 0 fully saturated rings. The summed E-state index contributed by atoms with van der Waals surface area (Å²) in [4.78, 5) is 33.1. The van der Waals surface area contributed by atoms with Crippen molar-refractivity contribution in [3.8, 4) is 5.75 Å². The Hall–Kier alpha value is -3.13. The molecule has 0 aliphatic heterocycles. The third-order valence-corrected chi connectivity index (χ3v) is 4.53. The monoisotopic (exact) mass is 386 g/mol. The molecule has 0 atom stereocenters. The van der Waals surface area contributed by atoms with Crippen molar-refractivity contribution in [3.63, 3.8) is 0 Å². The Kier molecular flexibility index (Phi) is 7.13. The predicted octanol–water partition coefficient (Wildman–Crippen LogP) is 2.48. The number of benzene rings is 2. The van der Waals surface area contributed by atoms with Gasteiger partial charge in [0.05, 0.1) is 18.0 Å². The van der Waals surface area contributed by atoms with Crippen molar-refractivity contribution < 1.29 is 24.4 Å². The van der Waals surface area contributed by atoms with Crippen LogP contribution in [0.1, 0.15) is 21.5 Å². The molecule has 2 rings (SSSR count). The van der Waals surface area contributed by atoms with Gasteiger partial charge in [-0.15, -0.1) is 0 Å². The van der Waals surface area contributed by atoms with Gasteiger partial charge in [-0.25, -0.2) is 0 Å². The van der Waals surface area contributed by atoms with Crippen LogP contribution in [0.25, 0.3) is 6.08 Å². The summed E-state index contributed by atoms with van der Waals surface area (Å²) in [7, 11) is 1.50. The maximum Gasteiger partial charge on any atom is 0.269 e. The van der Waals surface area contributed by atoms with Crippen molar-refractivity contribution in [2.75, 3.05) is 12.9 Å². The summed E-state index contributed by atoms with van der Waals surface area (Å²) < 4.78 is 5.24. The van der Waals surface area contributed by atoms with E-state index in [4.69, 9.17) is 4.74 Å². The Morgan fingerprint density at radius 2 is 1.89 bits per heavy atom. The molecule has 0 aliphatic rings. The highest BCUT2D eigenvalue weighted by atomic mass is 32.2. The molecule has 2 aromatic rings. The van der Waals surface area contributed by atoms with Crippen molar-refractivity contribution in [3.05, 3.63) is 75.3 Å². The van der Waals surface area contributed by atoms with Gasteiger partial charge in [0.1, 0.15) is 5.75 Å². The summed E-state index contributed by atoms with van der Waals surface area (Å²) in [6.07, 6.45) is 2.95. The van der Waals surface area contributed by atoms with E-state index in [9.17, 15) is 24.8 Å². The third-order valence-electron chi connectivity index (χ3n) is 3.57. The molecular formula is C19H16NO6S-. The molecule has 0 radical (unpaired) electrons. The van der Waals surface area contributed by atoms with Crippen LogP contribution >= 0.6 is 11.8 Å². The van der Waals surface area contributed by atoms with Crippen LogP contribution in [0.5, 0.6) is 5.75 Å². The first kappa shape index (κ1) is 20.2. The number of thioether (sulfide) groups is 1. The van der Waals surface area contributed by atoms with Crippen LogP contribution in [-0.2, 0) is 10.5 Å². The average molecular weight is 386 g/mol. The van der Waals surface area contributed by atoms with Gasteiger partial charge < -0.3 is 14.6 Å². The number of carbonyl (C=O) groups excluding carboxylic acids is 2. The lowest BCUT2D eigenvalue weighted by Gasteiger charge is -2.10. The van der Waals surface area contributed by atoms with E-state index in [2.05, 4.69) is 0 Å². The highest BCUT2D eigenvalue weighted by Crippen LogP contribution is 2.25. The van der Waals surface area contributed by atoms with Crippen molar-refractivity contribution in [1.29, 1.82) is 0 Å². The third kappa shape index (κ3) is 5.96. The first-order chi connectivity index (χ1) is 12.9. The molecule has 2 aromatic carbocycles. The first-order valence-corrected chi connectivity index (χ1v) is 8.97. The van der Waals surface area contributed by atoms with Crippen molar-refractivity contribution in [2.45, 2.75) is 5.75 Å². The molecule has 0 unspecified atom stereocenters. The summed E-state index contributed by atoms with van der Waals surface area (Å²) >= 11 is 1.15. The number of carboxylic acids is 1. The molecule has 0 N–H and O–H groups in total.